The molecule has 0 atom stereocenters. The first-order valence-corrected chi connectivity index (χ1v) is 8.71. The minimum atomic E-state index is -0.366. The van der Waals surface area contributed by atoms with E-state index in [2.05, 4.69) is 20.6 Å². The van der Waals surface area contributed by atoms with Gasteiger partial charge < -0.3 is 20.1 Å². The molecule has 7 heteroatoms. The smallest absolute Gasteiger partial charge is 0.274 e. The molecule has 1 aromatic heterocycles. The van der Waals surface area contributed by atoms with E-state index in [9.17, 15) is 4.79 Å². The number of carbonyl (C=O) groups excluding carboxylic acids is 1. The van der Waals surface area contributed by atoms with Gasteiger partial charge in [0.25, 0.3) is 5.91 Å². The largest absolute Gasteiger partial charge is 0.497 e. The van der Waals surface area contributed by atoms with E-state index in [0.29, 0.717) is 23.1 Å². The first-order chi connectivity index (χ1) is 13.5. The Labute approximate surface area is 163 Å². The molecule has 3 rings (SSSR count). The van der Waals surface area contributed by atoms with Gasteiger partial charge in [0.2, 0.25) is 5.95 Å². The summed E-state index contributed by atoms with van der Waals surface area (Å²) in [6.07, 6.45) is 1.54. The van der Waals surface area contributed by atoms with Crippen molar-refractivity contribution in [3.8, 4) is 11.5 Å². The molecule has 0 fully saturated rings. The van der Waals surface area contributed by atoms with Crippen LogP contribution in [0.4, 0.5) is 17.3 Å². The van der Waals surface area contributed by atoms with Gasteiger partial charge in [0, 0.05) is 18.0 Å². The molecule has 0 aliphatic heterocycles. The Hall–Kier alpha value is -3.61. The lowest BCUT2D eigenvalue weighted by molar-refractivity contribution is 0.102. The molecule has 2 N–H and O–H groups in total. The Morgan fingerprint density at radius 2 is 1.82 bits per heavy atom. The third-order valence-electron chi connectivity index (χ3n) is 4.40. The molecule has 0 spiro atoms. The lowest BCUT2D eigenvalue weighted by Gasteiger charge is -2.12. The van der Waals surface area contributed by atoms with E-state index < -0.39 is 0 Å². The maximum Gasteiger partial charge on any atom is 0.274 e. The van der Waals surface area contributed by atoms with Gasteiger partial charge in [0.05, 0.1) is 19.9 Å². The molecule has 2 aromatic carbocycles. The lowest BCUT2D eigenvalue weighted by Crippen LogP contribution is -2.15. The van der Waals surface area contributed by atoms with Crippen molar-refractivity contribution in [2.45, 2.75) is 13.8 Å². The van der Waals surface area contributed by atoms with Crippen LogP contribution in [0, 0.1) is 13.8 Å². The van der Waals surface area contributed by atoms with E-state index in [-0.39, 0.29) is 11.6 Å². The Kier molecular flexibility index (Phi) is 5.74. The first-order valence-electron chi connectivity index (χ1n) is 8.71. The van der Waals surface area contributed by atoms with Gasteiger partial charge >= 0.3 is 0 Å². The summed E-state index contributed by atoms with van der Waals surface area (Å²) < 4.78 is 10.5. The molecule has 144 valence electrons. The molecule has 0 unspecified atom stereocenters. The zero-order chi connectivity index (χ0) is 20.1. The van der Waals surface area contributed by atoms with Crippen molar-refractivity contribution in [3.05, 3.63) is 65.5 Å². The van der Waals surface area contributed by atoms with Crippen LogP contribution in [-0.4, -0.2) is 30.1 Å². The summed E-state index contributed by atoms with van der Waals surface area (Å²) in [6, 6.07) is 12.6. The average molecular weight is 378 g/mol. The third kappa shape index (κ3) is 4.20. The highest BCUT2D eigenvalue weighted by atomic mass is 16.5. The highest BCUT2D eigenvalue weighted by molar-refractivity contribution is 6.03. The maximum absolute atomic E-state index is 12.6. The first kappa shape index (κ1) is 19.2. The van der Waals surface area contributed by atoms with E-state index in [1.165, 1.54) is 7.11 Å². The van der Waals surface area contributed by atoms with Gasteiger partial charge in [0.15, 0.2) is 0 Å². The molecule has 1 heterocycles. The minimum absolute atomic E-state index is 0.237. The number of nitrogens with one attached hydrogen (secondary N) is 2. The Bertz CT molecular complexity index is 1000. The van der Waals surface area contributed by atoms with Crippen LogP contribution in [0.25, 0.3) is 0 Å². The second-order valence-electron chi connectivity index (χ2n) is 6.16. The number of methoxy groups -OCH3 is 2. The van der Waals surface area contributed by atoms with Crippen molar-refractivity contribution >= 4 is 23.2 Å². The van der Waals surface area contributed by atoms with Crippen LogP contribution in [0.1, 0.15) is 21.6 Å². The second kappa shape index (κ2) is 8.39. The highest BCUT2D eigenvalue weighted by Crippen LogP contribution is 2.29. The molecule has 0 radical (unpaired) electrons. The molecule has 3 aromatic rings. The predicted octanol–water partition coefficient (Wildman–Crippen LogP) is 4.11. The van der Waals surface area contributed by atoms with Crippen molar-refractivity contribution in [1.29, 1.82) is 0 Å². The van der Waals surface area contributed by atoms with Crippen LogP contribution in [0.3, 0.4) is 0 Å². The summed E-state index contributed by atoms with van der Waals surface area (Å²) in [6.45, 7) is 4.05. The van der Waals surface area contributed by atoms with E-state index >= 15 is 0 Å². The van der Waals surface area contributed by atoms with E-state index in [0.717, 1.165) is 16.8 Å². The molecule has 0 bridgehead atoms. The van der Waals surface area contributed by atoms with Crippen LogP contribution in [-0.2, 0) is 0 Å². The molecule has 7 nitrogen and oxygen atoms in total. The quantitative estimate of drug-likeness (QED) is 0.671. The number of hydrogen-bond acceptors (Lipinski definition) is 6. The summed E-state index contributed by atoms with van der Waals surface area (Å²) in [5.41, 5.74) is 3.92. The summed E-state index contributed by atoms with van der Waals surface area (Å²) in [5, 5.41) is 5.97. The Balaban J connectivity index is 1.80. The molecular formula is C21H22N4O3. The zero-order valence-corrected chi connectivity index (χ0v) is 16.2. The molecule has 0 aliphatic carbocycles. The van der Waals surface area contributed by atoms with Crippen LogP contribution in [0.15, 0.2) is 48.7 Å². The number of carbonyl (C=O) groups is 1. The number of anilines is 3. The molecule has 0 aliphatic rings. The van der Waals surface area contributed by atoms with Crippen LogP contribution in [0.5, 0.6) is 11.5 Å². The van der Waals surface area contributed by atoms with Gasteiger partial charge in [-0.1, -0.05) is 12.1 Å². The number of rotatable bonds is 6. The molecular weight excluding hydrogens is 356 g/mol. The Morgan fingerprint density at radius 1 is 1.00 bits per heavy atom. The number of amides is 1. The monoisotopic (exact) mass is 378 g/mol. The maximum atomic E-state index is 12.6. The lowest BCUT2D eigenvalue weighted by atomic mass is 10.1. The Morgan fingerprint density at radius 3 is 2.57 bits per heavy atom. The van der Waals surface area contributed by atoms with Crippen molar-refractivity contribution in [1.82, 2.24) is 9.97 Å². The van der Waals surface area contributed by atoms with Gasteiger partial charge in [-0.25, -0.2) is 9.97 Å². The zero-order valence-electron chi connectivity index (χ0n) is 16.2. The van der Waals surface area contributed by atoms with E-state index in [4.69, 9.17) is 9.47 Å². The van der Waals surface area contributed by atoms with Gasteiger partial charge in [0.1, 0.15) is 17.2 Å². The average Bonchev–Trinajstić information content (AvgIpc) is 2.72. The SMILES string of the molecule is COc1ccc(NC(=O)c2ccnc(Nc3cccc(C)c3C)n2)c(OC)c1. The van der Waals surface area contributed by atoms with Crippen LogP contribution >= 0.6 is 0 Å². The van der Waals surface area contributed by atoms with Gasteiger partial charge in [-0.2, -0.15) is 0 Å². The number of aryl methyl sites for hydroxylation is 1. The van der Waals surface area contributed by atoms with Crippen LogP contribution in [0.2, 0.25) is 0 Å². The van der Waals surface area contributed by atoms with Crippen LogP contribution < -0.4 is 20.1 Å². The van der Waals surface area contributed by atoms with Gasteiger partial charge in [-0.15, -0.1) is 0 Å². The summed E-state index contributed by atoms with van der Waals surface area (Å²) in [5.74, 6) is 1.12. The third-order valence-corrected chi connectivity index (χ3v) is 4.40. The normalized spacial score (nSPS) is 10.3. The summed E-state index contributed by atoms with van der Waals surface area (Å²) >= 11 is 0. The minimum Gasteiger partial charge on any atom is -0.497 e. The fourth-order valence-electron chi connectivity index (χ4n) is 2.64. The highest BCUT2D eigenvalue weighted by Gasteiger charge is 2.13. The number of hydrogen-bond donors (Lipinski definition) is 2. The van der Waals surface area contributed by atoms with Crippen molar-refractivity contribution in [2.75, 3.05) is 24.9 Å². The van der Waals surface area contributed by atoms with Gasteiger partial charge in [-0.05, 0) is 49.2 Å². The van der Waals surface area contributed by atoms with Crippen molar-refractivity contribution < 1.29 is 14.3 Å². The number of benzene rings is 2. The van der Waals surface area contributed by atoms with E-state index in [1.807, 2.05) is 32.0 Å². The predicted molar refractivity (Wildman–Crippen MR) is 109 cm³/mol. The van der Waals surface area contributed by atoms with Crippen molar-refractivity contribution in [2.24, 2.45) is 0 Å². The standard InChI is InChI=1S/C21H22N4O3/c1-13-6-5-7-16(14(13)2)24-21-22-11-10-18(25-21)20(26)23-17-9-8-15(27-3)12-19(17)28-4/h5-12H,1-4H3,(H,23,26)(H,22,24,25). The fraction of sp³-hybridized carbons (Fsp3) is 0.190. The van der Waals surface area contributed by atoms with E-state index in [1.54, 1.807) is 37.6 Å². The summed E-state index contributed by atoms with van der Waals surface area (Å²) in [7, 11) is 3.10. The molecule has 0 saturated heterocycles. The summed E-state index contributed by atoms with van der Waals surface area (Å²) in [4.78, 5) is 21.2. The molecule has 28 heavy (non-hydrogen) atoms. The fourth-order valence-corrected chi connectivity index (χ4v) is 2.64. The number of nitrogens with zero attached hydrogens (tertiary/aromatic N) is 2. The second-order valence-corrected chi connectivity index (χ2v) is 6.16. The van der Waals surface area contributed by atoms with Gasteiger partial charge in [-0.3, -0.25) is 4.79 Å². The van der Waals surface area contributed by atoms with Crippen molar-refractivity contribution in [3.63, 3.8) is 0 Å². The molecule has 0 saturated carbocycles. The topological polar surface area (TPSA) is 85.4 Å². The molecule has 1 amide bonds. The number of aromatic nitrogens is 2. The number of ether oxygens (including phenoxy) is 2.